The quantitative estimate of drug-likeness (QED) is 0.207. The van der Waals surface area contributed by atoms with E-state index in [2.05, 4.69) is 41.2 Å². The fraction of sp³-hybridized carbons (Fsp3) is 0.179. The number of nitriles is 1. The number of ether oxygens (including phenoxy) is 2. The Kier molecular flexibility index (Phi) is 8.82. The van der Waals surface area contributed by atoms with Crippen LogP contribution < -0.4 is 10.1 Å². The van der Waals surface area contributed by atoms with Crippen LogP contribution in [0.1, 0.15) is 39.5 Å². The molecule has 0 spiro atoms. The van der Waals surface area contributed by atoms with Gasteiger partial charge in [0.1, 0.15) is 24.0 Å². The molecule has 1 N–H and O–H groups in total. The molecule has 7 heteroatoms. The van der Waals surface area contributed by atoms with Gasteiger partial charge in [-0.25, -0.2) is 4.79 Å². The highest BCUT2D eigenvalue weighted by Gasteiger charge is 2.13. The molecule has 0 saturated carbocycles. The van der Waals surface area contributed by atoms with Crippen molar-refractivity contribution < 1.29 is 19.1 Å². The first-order valence-electron chi connectivity index (χ1n) is 11.0. The van der Waals surface area contributed by atoms with E-state index in [0.717, 1.165) is 10.0 Å². The standard InChI is InChI=1S/C28H25BrN2O4/c1-4-34-28(33)21-7-10-25(11-8-21)31-27(32)23(16-30)14-22-15-24(29)9-12-26(22)35-17-20-6-5-18(2)19(3)13-20/h5-15H,4,17H2,1-3H3,(H,31,32)/b23-14+. The zero-order valence-corrected chi connectivity index (χ0v) is 21.3. The molecule has 3 rings (SSSR count). The van der Waals surface area contributed by atoms with E-state index in [4.69, 9.17) is 9.47 Å². The molecule has 0 aliphatic heterocycles. The topological polar surface area (TPSA) is 88.4 Å². The van der Waals surface area contributed by atoms with E-state index in [1.54, 1.807) is 43.3 Å². The Bertz CT molecular complexity index is 1310. The van der Waals surface area contributed by atoms with Crippen molar-refractivity contribution in [2.24, 2.45) is 0 Å². The zero-order valence-electron chi connectivity index (χ0n) is 19.7. The number of esters is 1. The van der Waals surface area contributed by atoms with Gasteiger partial charge in [-0.2, -0.15) is 5.26 Å². The number of nitrogens with one attached hydrogen (secondary N) is 1. The van der Waals surface area contributed by atoms with Gasteiger partial charge in [0.15, 0.2) is 0 Å². The normalized spacial score (nSPS) is 10.9. The fourth-order valence-corrected chi connectivity index (χ4v) is 3.60. The highest BCUT2D eigenvalue weighted by Crippen LogP contribution is 2.27. The van der Waals surface area contributed by atoms with Crippen LogP contribution >= 0.6 is 15.9 Å². The van der Waals surface area contributed by atoms with E-state index in [9.17, 15) is 14.9 Å². The first-order chi connectivity index (χ1) is 16.8. The molecule has 0 heterocycles. The van der Waals surface area contributed by atoms with E-state index in [0.29, 0.717) is 29.2 Å². The molecule has 0 atom stereocenters. The first-order valence-corrected chi connectivity index (χ1v) is 11.8. The largest absolute Gasteiger partial charge is 0.488 e. The molecule has 0 unspecified atom stereocenters. The van der Waals surface area contributed by atoms with Gasteiger partial charge in [0, 0.05) is 15.7 Å². The number of rotatable bonds is 8. The second-order valence-corrected chi connectivity index (χ2v) is 8.73. The smallest absolute Gasteiger partial charge is 0.338 e. The van der Waals surface area contributed by atoms with Crippen molar-refractivity contribution in [1.29, 1.82) is 5.26 Å². The molecule has 0 aromatic heterocycles. The van der Waals surface area contributed by atoms with E-state index >= 15 is 0 Å². The van der Waals surface area contributed by atoms with Crippen molar-refractivity contribution in [3.05, 3.63) is 98.5 Å². The van der Waals surface area contributed by atoms with Crippen LogP contribution in [0.5, 0.6) is 5.75 Å². The van der Waals surface area contributed by atoms with Gasteiger partial charge in [0.2, 0.25) is 0 Å². The number of halogens is 1. The Balaban J connectivity index is 1.77. The van der Waals surface area contributed by atoms with E-state index < -0.39 is 11.9 Å². The summed E-state index contributed by atoms with van der Waals surface area (Å²) in [6.07, 6.45) is 1.49. The van der Waals surface area contributed by atoms with Crippen LogP contribution in [0.15, 0.2) is 70.7 Å². The van der Waals surface area contributed by atoms with E-state index in [-0.39, 0.29) is 12.2 Å². The lowest BCUT2D eigenvalue weighted by atomic mass is 10.1. The Morgan fingerprint density at radius 2 is 1.77 bits per heavy atom. The maximum absolute atomic E-state index is 12.8. The second-order valence-electron chi connectivity index (χ2n) is 7.81. The molecule has 3 aromatic carbocycles. The summed E-state index contributed by atoms with van der Waals surface area (Å²) >= 11 is 3.44. The minimum absolute atomic E-state index is 0.0893. The van der Waals surface area contributed by atoms with Gasteiger partial charge in [-0.1, -0.05) is 34.1 Å². The average Bonchev–Trinajstić information content (AvgIpc) is 2.84. The number of anilines is 1. The number of hydrogen-bond acceptors (Lipinski definition) is 5. The summed E-state index contributed by atoms with van der Waals surface area (Å²) in [6, 6.07) is 19.8. The molecule has 35 heavy (non-hydrogen) atoms. The second kappa shape index (κ2) is 12.0. The Labute approximate surface area is 213 Å². The van der Waals surface area contributed by atoms with Crippen LogP contribution in [0.3, 0.4) is 0 Å². The molecule has 0 aliphatic rings. The summed E-state index contributed by atoms with van der Waals surface area (Å²) in [5.41, 5.74) is 4.74. The van der Waals surface area contributed by atoms with Gasteiger partial charge in [-0.15, -0.1) is 0 Å². The number of carbonyl (C=O) groups is 2. The molecular weight excluding hydrogens is 508 g/mol. The van der Waals surface area contributed by atoms with Gasteiger partial charge in [-0.05, 0) is 86.0 Å². The highest BCUT2D eigenvalue weighted by atomic mass is 79.9. The molecular formula is C28H25BrN2O4. The predicted molar refractivity (Wildman–Crippen MR) is 139 cm³/mol. The summed E-state index contributed by atoms with van der Waals surface area (Å²) in [7, 11) is 0. The molecule has 0 fully saturated rings. The number of amides is 1. The van der Waals surface area contributed by atoms with Crippen LogP contribution in [0.25, 0.3) is 6.08 Å². The molecule has 6 nitrogen and oxygen atoms in total. The summed E-state index contributed by atoms with van der Waals surface area (Å²) in [5, 5.41) is 12.3. The minimum Gasteiger partial charge on any atom is -0.488 e. The summed E-state index contributed by atoms with van der Waals surface area (Å²) in [4.78, 5) is 24.6. The number of nitrogens with zero attached hydrogens (tertiary/aromatic N) is 1. The molecule has 0 bridgehead atoms. The van der Waals surface area contributed by atoms with E-state index in [1.165, 1.54) is 17.2 Å². The van der Waals surface area contributed by atoms with Crippen molar-refractivity contribution in [3.8, 4) is 11.8 Å². The maximum atomic E-state index is 12.8. The van der Waals surface area contributed by atoms with Crippen LogP contribution in [-0.2, 0) is 16.1 Å². The van der Waals surface area contributed by atoms with Gasteiger partial charge < -0.3 is 14.8 Å². The fourth-order valence-electron chi connectivity index (χ4n) is 3.22. The summed E-state index contributed by atoms with van der Waals surface area (Å²) < 4.78 is 11.8. The lowest BCUT2D eigenvalue weighted by Crippen LogP contribution is -2.14. The lowest BCUT2D eigenvalue weighted by molar-refractivity contribution is -0.112. The van der Waals surface area contributed by atoms with Gasteiger partial charge in [0.05, 0.1) is 12.2 Å². The summed E-state index contributed by atoms with van der Waals surface area (Å²) in [5.74, 6) is -0.465. The van der Waals surface area contributed by atoms with Crippen LogP contribution in [0.4, 0.5) is 5.69 Å². The Morgan fingerprint density at radius 1 is 1.03 bits per heavy atom. The van der Waals surface area contributed by atoms with Crippen molar-refractivity contribution in [2.75, 3.05) is 11.9 Å². The van der Waals surface area contributed by atoms with E-state index in [1.807, 2.05) is 24.3 Å². The number of hydrogen-bond donors (Lipinski definition) is 1. The number of benzene rings is 3. The van der Waals surface area contributed by atoms with Gasteiger partial charge in [0.25, 0.3) is 5.91 Å². The SMILES string of the molecule is CCOC(=O)c1ccc(NC(=O)/C(C#N)=C/c2cc(Br)ccc2OCc2ccc(C)c(C)c2)cc1. The monoisotopic (exact) mass is 532 g/mol. The molecule has 178 valence electrons. The van der Waals surface area contributed by atoms with Crippen molar-refractivity contribution in [2.45, 2.75) is 27.4 Å². The minimum atomic E-state index is -0.573. The summed E-state index contributed by atoms with van der Waals surface area (Å²) in [6.45, 7) is 6.47. The van der Waals surface area contributed by atoms with Gasteiger partial charge in [-0.3, -0.25) is 4.79 Å². The highest BCUT2D eigenvalue weighted by molar-refractivity contribution is 9.10. The number of carbonyl (C=O) groups excluding carboxylic acids is 2. The molecule has 0 aliphatic carbocycles. The average molecular weight is 533 g/mol. The zero-order chi connectivity index (χ0) is 25.4. The van der Waals surface area contributed by atoms with Crippen molar-refractivity contribution in [3.63, 3.8) is 0 Å². The Hall–Kier alpha value is -3.89. The molecule has 1 amide bonds. The third-order valence-corrected chi connectivity index (χ3v) is 5.75. The third-order valence-electron chi connectivity index (χ3n) is 5.26. The van der Waals surface area contributed by atoms with Crippen molar-refractivity contribution >= 4 is 39.6 Å². The predicted octanol–water partition coefficient (Wildman–Crippen LogP) is 6.37. The molecule has 3 aromatic rings. The third kappa shape index (κ3) is 7.05. The Morgan fingerprint density at radius 3 is 2.43 bits per heavy atom. The maximum Gasteiger partial charge on any atom is 0.338 e. The van der Waals surface area contributed by atoms with Crippen LogP contribution in [-0.4, -0.2) is 18.5 Å². The lowest BCUT2D eigenvalue weighted by Gasteiger charge is -2.12. The van der Waals surface area contributed by atoms with Crippen LogP contribution in [0, 0.1) is 25.2 Å². The van der Waals surface area contributed by atoms with Crippen LogP contribution in [0.2, 0.25) is 0 Å². The van der Waals surface area contributed by atoms with Gasteiger partial charge >= 0.3 is 5.97 Å². The van der Waals surface area contributed by atoms with Crippen molar-refractivity contribution in [1.82, 2.24) is 0 Å². The first kappa shape index (κ1) is 25.7. The molecule has 0 radical (unpaired) electrons. The number of aryl methyl sites for hydroxylation is 2. The molecule has 0 saturated heterocycles.